The molecule has 1 atom stereocenters. The van der Waals surface area contributed by atoms with Crippen molar-refractivity contribution in [3.8, 4) is 5.75 Å². The summed E-state index contributed by atoms with van der Waals surface area (Å²) < 4.78 is 18.7. The highest BCUT2D eigenvalue weighted by molar-refractivity contribution is 6.67. The molecule has 0 unspecified atom stereocenters. The van der Waals surface area contributed by atoms with E-state index >= 15 is 0 Å². The molecule has 0 radical (unpaired) electrons. The van der Waals surface area contributed by atoms with Crippen molar-refractivity contribution in [2.24, 2.45) is 11.5 Å². The SMILES string of the molecule is NCc1cccc(C2CCN(C(=O)c3cccc(NC(=O)C[C@]4(c5ccccc5)OB(c5cccc6[nH]c(C(=O)N7CCC8(CC7)COc7ccc(CN)cc78)cc56)OC4=O)c3)CC2)c1. The summed E-state index contributed by atoms with van der Waals surface area (Å²) in [5.74, 6) is -0.206. The first-order chi connectivity index (χ1) is 31.6. The molecule has 6 N–H and O–H groups in total. The van der Waals surface area contributed by atoms with Crippen molar-refractivity contribution in [3.63, 3.8) is 0 Å². The van der Waals surface area contributed by atoms with E-state index in [2.05, 4.69) is 28.5 Å². The van der Waals surface area contributed by atoms with Gasteiger partial charge in [-0.2, -0.15) is 0 Å². The first-order valence-corrected chi connectivity index (χ1v) is 22.4. The Morgan fingerprint density at radius 1 is 0.769 bits per heavy atom. The van der Waals surface area contributed by atoms with E-state index in [0.717, 1.165) is 42.6 Å². The van der Waals surface area contributed by atoms with Gasteiger partial charge in [-0.25, -0.2) is 0 Å². The lowest BCUT2D eigenvalue weighted by molar-refractivity contribution is -0.146. The summed E-state index contributed by atoms with van der Waals surface area (Å²) in [4.78, 5) is 62.9. The predicted octanol–water partition coefficient (Wildman–Crippen LogP) is 5.86. The Kier molecular flexibility index (Phi) is 11.3. The van der Waals surface area contributed by atoms with Gasteiger partial charge < -0.3 is 45.6 Å². The first kappa shape index (κ1) is 42.2. The van der Waals surface area contributed by atoms with Crippen LogP contribution in [0.5, 0.6) is 5.75 Å². The fourth-order valence-electron chi connectivity index (χ4n) is 10.2. The van der Waals surface area contributed by atoms with Gasteiger partial charge in [0, 0.05) is 77.9 Å². The zero-order chi connectivity index (χ0) is 44.7. The lowest BCUT2D eigenvalue weighted by atomic mass is 9.74. The molecule has 0 saturated carbocycles. The number of aromatic amines is 1. The number of anilines is 1. The second-order valence-electron chi connectivity index (χ2n) is 17.8. The number of amides is 3. The summed E-state index contributed by atoms with van der Waals surface area (Å²) >= 11 is 0. The summed E-state index contributed by atoms with van der Waals surface area (Å²) in [6.07, 6.45) is 2.82. The second kappa shape index (κ2) is 17.3. The number of nitrogens with zero attached hydrogens (tertiary/aromatic N) is 2. The van der Waals surface area contributed by atoms with Crippen LogP contribution in [0.2, 0.25) is 0 Å². The van der Waals surface area contributed by atoms with Crippen LogP contribution in [0, 0.1) is 0 Å². The summed E-state index contributed by atoms with van der Waals surface area (Å²) in [6.45, 7) is 3.89. The van der Waals surface area contributed by atoms with Crippen LogP contribution in [0.25, 0.3) is 10.9 Å². The van der Waals surface area contributed by atoms with Gasteiger partial charge in [0.25, 0.3) is 11.8 Å². The number of benzene rings is 5. The fourth-order valence-corrected chi connectivity index (χ4v) is 10.2. The van der Waals surface area contributed by atoms with E-state index in [1.165, 1.54) is 11.1 Å². The van der Waals surface area contributed by atoms with Crippen LogP contribution in [0.15, 0.2) is 121 Å². The number of carbonyl (C=O) groups excluding carboxylic acids is 4. The largest absolute Gasteiger partial charge is 0.566 e. The van der Waals surface area contributed by atoms with E-state index in [1.807, 2.05) is 52.3 Å². The molecule has 1 spiro atoms. The van der Waals surface area contributed by atoms with Crippen LogP contribution in [0.3, 0.4) is 0 Å². The number of aromatic nitrogens is 1. The van der Waals surface area contributed by atoms with Crippen LogP contribution >= 0.6 is 0 Å². The molecule has 14 heteroatoms. The number of piperidine rings is 2. The van der Waals surface area contributed by atoms with Crippen molar-refractivity contribution in [2.75, 3.05) is 38.1 Å². The van der Waals surface area contributed by atoms with Crippen molar-refractivity contribution in [1.29, 1.82) is 0 Å². The Morgan fingerprint density at radius 3 is 2.29 bits per heavy atom. The van der Waals surface area contributed by atoms with Crippen LogP contribution in [-0.4, -0.2) is 78.4 Å². The lowest BCUT2D eigenvalue weighted by Crippen LogP contribution is -2.46. The van der Waals surface area contributed by atoms with Gasteiger partial charge in [-0.15, -0.1) is 0 Å². The summed E-state index contributed by atoms with van der Waals surface area (Å²) in [7, 11) is -1.18. The molecule has 4 aliphatic rings. The zero-order valence-electron chi connectivity index (χ0n) is 36.1. The van der Waals surface area contributed by atoms with E-state index < -0.39 is 31.0 Å². The Hall–Kier alpha value is -6.74. The average molecular weight is 871 g/mol. The molecular formula is C51H51BN6O7. The zero-order valence-corrected chi connectivity index (χ0v) is 36.1. The highest BCUT2D eigenvalue weighted by atomic mass is 16.7. The molecule has 330 valence electrons. The lowest BCUT2D eigenvalue weighted by Gasteiger charge is -2.38. The smallest absolute Gasteiger partial charge is 0.503 e. The fraction of sp³-hybridized carbons (Fsp3) is 0.294. The van der Waals surface area contributed by atoms with Crippen molar-refractivity contribution in [2.45, 2.75) is 62.1 Å². The van der Waals surface area contributed by atoms with Gasteiger partial charge in [-0.05, 0) is 90.3 Å². The average Bonchev–Trinajstić information content (AvgIpc) is 4.05. The van der Waals surface area contributed by atoms with Gasteiger partial charge in [0.15, 0.2) is 5.60 Å². The molecule has 65 heavy (non-hydrogen) atoms. The summed E-state index contributed by atoms with van der Waals surface area (Å²) in [6, 6.07) is 37.4. The number of nitrogens with two attached hydrogens (primary N) is 2. The molecular weight excluding hydrogens is 819 g/mol. The van der Waals surface area contributed by atoms with Gasteiger partial charge >= 0.3 is 13.1 Å². The van der Waals surface area contributed by atoms with Crippen LogP contribution in [0.1, 0.15) is 86.7 Å². The summed E-state index contributed by atoms with van der Waals surface area (Å²) in [5, 5.41) is 3.57. The molecule has 3 fully saturated rings. The second-order valence-corrected chi connectivity index (χ2v) is 17.8. The van der Waals surface area contributed by atoms with Crippen LogP contribution < -0.4 is 27.0 Å². The van der Waals surface area contributed by atoms with E-state index in [4.69, 9.17) is 25.5 Å². The molecule has 6 aromatic rings. The molecule has 13 nitrogen and oxygen atoms in total. The van der Waals surface area contributed by atoms with E-state index in [1.54, 1.807) is 60.7 Å². The monoisotopic (exact) mass is 870 g/mol. The van der Waals surface area contributed by atoms with Gasteiger partial charge in [0.2, 0.25) is 5.91 Å². The van der Waals surface area contributed by atoms with E-state index in [9.17, 15) is 19.2 Å². The molecule has 10 rings (SSSR count). The quantitative estimate of drug-likeness (QED) is 0.123. The molecule has 3 amide bonds. The number of hydrogen-bond donors (Lipinski definition) is 4. The molecule has 5 heterocycles. The van der Waals surface area contributed by atoms with Gasteiger partial charge in [-0.1, -0.05) is 84.9 Å². The first-order valence-electron chi connectivity index (χ1n) is 22.4. The number of ether oxygens (including phenoxy) is 1. The molecule has 5 aromatic carbocycles. The van der Waals surface area contributed by atoms with Crippen LogP contribution in [0.4, 0.5) is 5.69 Å². The third-order valence-corrected chi connectivity index (χ3v) is 13.9. The van der Waals surface area contributed by atoms with Gasteiger partial charge in [0.1, 0.15) is 11.4 Å². The molecule has 1 aromatic heterocycles. The third-order valence-electron chi connectivity index (χ3n) is 13.9. The van der Waals surface area contributed by atoms with Crippen LogP contribution in [-0.2, 0) is 43.0 Å². The standard InChI is InChI=1S/C51H51BN6O7/c53-30-33-7-4-8-36(25-33)35-17-21-57(22-18-35)47(60)37-9-5-12-39(27-37)55-46(59)29-51(38-10-2-1-3-11-38)49(62)64-52(65-51)42-13-6-14-43-40(42)28-44(56-43)48(61)58-23-19-50(20-24-58)32-63-45-16-15-34(31-54)26-41(45)50/h1-16,25-28,35,56H,17-24,29-32,53-54H2,(H,55,59)/t51-/m1/s1. The molecule has 4 aliphatic heterocycles. The maximum absolute atomic E-state index is 14.1. The number of likely N-dealkylation sites (tertiary alicyclic amines) is 2. The number of H-pyrrole nitrogens is 1. The topological polar surface area (TPSA) is 182 Å². The van der Waals surface area contributed by atoms with Gasteiger partial charge in [-0.3, -0.25) is 19.2 Å². The van der Waals surface area contributed by atoms with Crippen molar-refractivity contribution in [3.05, 3.63) is 160 Å². The Labute approximate surface area is 377 Å². The Morgan fingerprint density at radius 2 is 1.51 bits per heavy atom. The van der Waals surface area contributed by atoms with Crippen molar-refractivity contribution >= 4 is 52.9 Å². The number of fused-ring (bicyclic) bond motifs is 3. The maximum atomic E-state index is 14.1. The third kappa shape index (κ3) is 7.96. The minimum atomic E-state index is -1.79. The number of nitrogens with one attached hydrogen (secondary N) is 2. The number of carbonyl (C=O) groups is 4. The Balaban J connectivity index is 0.825. The molecule has 0 bridgehead atoms. The summed E-state index contributed by atoms with van der Waals surface area (Å²) in [5.41, 5.74) is 17.4. The van der Waals surface area contributed by atoms with E-state index in [-0.39, 0.29) is 17.2 Å². The Bertz CT molecular complexity index is 2800. The molecule has 0 aliphatic carbocycles. The number of rotatable bonds is 10. The van der Waals surface area contributed by atoms with Crippen molar-refractivity contribution < 1.29 is 33.2 Å². The molecule has 3 saturated heterocycles. The number of hydrogen-bond acceptors (Lipinski definition) is 9. The van der Waals surface area contributed by atoms with Crippen molar-refractivity contribution in [1.82, 2.24) is 14.8 Å². The van der Waals surface area contributed by atoms with E-state index in [0.29, 0.717) is 90.7 Å². The minimum absolute atomic E-state index is 0.110. The predicted molar refractivity (Wildman–Crippen MR) is 248 cm³/mol. The normalized spacial score (nSPS) is 19.3. The highest BCUT2D eigenvalue weighted by Gasteiger charge is 2.56. The minimum Gasteiger partial charge on any atom is -0.503 e. The highest BCUT2D eigenvalue weighted by Crippen LogP contribution is 2.46. The van der Waals surface area contributed by atoms with Gasteiger partial charge in [0.05, 0.1) is 13.0 Å². The maximum Gasteiger partial charge on any atom is 0.566 e.